The first-order chi connectivity index (χ1) is 13.1. The number of hydrogen-bond acceptors (Lipinski definition) is 3. The van der Waals surface area contributed by atoms with Crippen LogP contribution in [0.2, 0.25) is 0 Å². The Morgan fingerprint density at radius 1 is 0.963 bits per heavy atom. The SMILES string of the molecule is O=C(O)C1CCCCN1C(=O)C1CCN(C(=O)CCc2ccccc2)CC1. The molecule has 146 valence electrons. The fourth-order valence-corrected chi connectivity index (χ4v) is 4.12. The Morgan fingerprint density at radius 2 is 1.67 bits per heavy atom. The Kier molecular flexibility index (Phi) is 6.48. The Hall–Kier alpha value is -2.37. The highest BCUT2D eigenvalue weighted by Crippen LogP contribution is 2.25. The van der Waals surface area contributed by atoms with Crippen LogP contribution in [-0.4, -0.2) is 58.4 Å². The highest BCUT2D eigenvalue weighted by molar-refractivity contribution is 5.85. The van der Waals surface area contributed by atoms with Crippen molar-refractivity contribution in [2.75, 3.05) is 19.6 Å². The molecule has 6 nitrogen and oxygen atoms in total. The van der Waals surface area contributed by atoms with Gasteiger partial charge in [-0.05, 0) is 44.1 Å². The zero-order chi connectivity index (χ0) is 19.2. The second-order valence-corrected chi connectivity index (χ2v) is 7.52. The number of amides is 2. The summed E-state index contributed by atoms with van der Waals surface area (Å²) in [6.45, 7) is 1.69. The summed E-state index contributed by atoms with van der Waals surface area (Å²) in [6, 6.07) is 9.27. The number of carbonyl (C=O) groups is 3. The van der Waals surface area contributed by atoms with E-state index in [4.69, 9.17) is 0 Å². The molecule has 0 spiro atoms. The molecule has 6 heteroatoms. The second-order valence-electron chi connectivity index (χ2n) is 7.52. The number of piperidine rings is 2. The topological polar surface area (TPSA) is 77.9 Å². The Balaban J connectivity index is 1.48. The van der Waals surface area contributed by atoms with Gasteiger partial charge in [-0.25, -0.2) is 4.79 Å². The van der Waals surface area contributed by atoms with E-state index in [9.17, 15) is 19.5 Å². The molecule has 2 aliphatic heterocycles. The molecule has 1 N–H and O–H groups in total. The van der Waals surface area contributed by atoms with E-state index in [1.54, 1.807) is 4.90 Å². The zero-order valence-electron chi connectivity index (χ0n) is 15.7. The van der Waals surface area contributed by atoms with E-state index in [0.717, 1.165) is 24.8 Å². The van der Waals surface area contributed by atoms with Crippen molar-refractivity contribution in [2.24, 2.45) is 5.92 Å². The normalized spacial score (nSPS) is 21.1. The van der Waals surface area contributed by atoms with Crippen molar-refractivity contribution < 1.29 is 19.5 Å². The minimum Gasteiger partial charge on any atom is -0.480 e. The van der Waals surface area contributed by atoms with Gasteiger partial charge >= 0.3 is 5.97 Å². The summed E-state index contributed by atoms with van der Waals surface area (Å²) in [5.41, 5.74) is 1.15. The first kappa shape index (κ1) is 19.4. The molecule has 2 fully saturated rings. The van der Waals surface area contributed by atoms with Gasteiger partial charge in [0.2, 0.25) is 11.8 Å². The number of aryl methyl sites for hydroxylation is 1. The average molecular weight is 372 g/mol. The van der Waals surface area contributed by atoms with E-state index in [1.807, 2.05) is 35.2 Å². The third kappa shape index (κ3) is 4.87. The molecule has 1 aromatic rings. The molecular formula is C21H28N2O4. The van der Waals surface area contributed by atoms with Gasteiger partial charge in [-0.15, -0.1) is 0 Å². The summed E-state index contributed by atoms with van der Waals surface area (Å²) in [5.74, 6) is -0.982. The van der Waals surface area contributed by atoms with Gasteiger partial charge in [0.05, 0.1) is 0 Å². The van der Waals surface area contributed by atoms with Crippen molar-refractivity contribution in [1.82, 2.24) is 9.80 Å². The lowest BCUT2D eigenvalue weighted by Crippen LogP contribution is -2.52. The van der Waals surface area contributed by atoms with Gasteiger partial charge in [-0.3, -0.25) is 9.59 Å². The maximum atomic E-state index is 12.8. The maximum Gasteiger partial charge on any atom is 0.326 e. The molecule has 1 unspecified atom stereocenters. The monoisotopic (exact) mass is 372 g/mol. The summed E-state index contributed by atoms with van der Waals surface area (Å²) in [4.78, 5) is 40.1. The van der Waals surface area contributed by atoms with Gasteiger partial charge in [0.15, 0.2) is 0 Å². The van der Waals surface area contributed by atoms with Gasteiger partial charge in [0.25, 0.3) is 0 Å². The largest absolute Gasteiger partial charge is 0.480 e. The van der Waals surface area contributed by atoms with Crippen molar-refractivity contribution >= 4 is 17.8 Å². The molecule has 2 aliphatic rings. The van der Waals surface area contributed by atoms with Crippen LogP contribution in [0.5, 0.6) is 0 Å². The highest BCUT2D eigenvalue weighted by Gasteiger charge is 2.36. The maximum absolute atomic E-state index is 12.8. The van der Waals surface area contributed by atoms with Crippen LogP contribution in [0.15, 0.2) is 30.3 Å². The lowest BCUT2D eigenvalue weighted by Gasteiger charge is -2.38. The van der Waals surface area contributed by atoms with Crippen LogP contribution in [0.4, 0.5) is 0 Å². The Morgan fingerprint density at radius 3 is 2.33 bits per heavy atom. The van der Waals surface area contributed by atoms with Gasteiger partial charge < -0.3 is 14.9 Å². The van der Waals surface area contributed by atoms with Gasteiger partial charge in [0, 0.05) is 32.0 Å². The summed E-state index contributed by atoms with van der Waals surface area (Å²) in [7, 11) is 0. The smallest absolute Gasteiger partial charge is 0.326 e. The predicted molar refractivity (Wildman–Crippen MR) is 101 cm³/mol. The minimum atomic E-state index is -0.906. The van der Waals surface area contributed by atoms with Crippen molar-refractivity contribution in [3.63, 3.8) is 0 Å². The number of carboxylic acids is 1. The molecule has 0 bridgehead atoms. The summed E-state index contributed by atoms with van der Waals surface area (Å²) >= 11 is 0. The number of carbonyl (C=O) groups excluding carboxylic acids is 2. The van der Waals surface area contributed by atoms with Crippen molar-refractivity contribution in [2.45, 2.75) is 51.0 Å². The van der Waals surface area contributed by atoms with Crippen molar-refractivity contribution in [3.8, 4) is 0 Å². The predicted octanol–water partition coefficient (Wildman–Crippen LogP) is 2.32. The number of aliphatic carboxylic acids is 1. The van der Waals surface area contributed by atoms with Crippen LogP contribution in [0.1, 0.15) is 44.1 Å². The fourth-order valence-electron chi connectivity index (χ4n) is 4.12. The quantitative estimate of drug-likeness (QED) is 0.860. The number of nitrogens with zero attached hydrogens (tertiary/aromatic N) is 2. The van der Waals surface area contributed by atoms with Crippen LogP contribution >= 0.6 is 0 Å². The molecule has 3 rings (SSSR count). The van der Waals surface area contributed by atoms with E-state index in [-0.39, 0.29) is 17.7 Å². The summed E-state index contributed by atoms with van der Waals surface area (Å²) < 4.78 is 0. The molecule has 0 aliphatic carbocycles. The minimum absolute atomic E-state index is 0.0431. The molecule has 2 heterocycles. The van der Waals surface area contributed by atoms with Crippen molar-refractivity contribution in [1.29, 1.82) is 0 Å². The van der Waals surface area contributed by atoms with E-state index in [1.165, 1.54) is 0 Å². The number of rotatable bonds is 5. The van der Waals surface area contributed by atoms with Gasteiger partial charge in [0.1, 0.15) is 6.04 Å². The van der Waals surface area contributed by atoms with E-state index < -0.39 is 12.0 Å². The van der Waals surface area contributed by atoms with Crippen LogP contribution in [0.25, 0.3) is 0 Å². The molecule has 0 radical (unpaired) electrons. The van der Waals surface area contributed by atoms with E-state index >= 15 is 0 Å². The molecule has 0 aromatic heterocycles. The molecule has 27 heavy (non-hydrogen) atoms. The zero-order valence-corrected chi connectivity index (χ0v) is 15.7. The standard InChI is InChI=1S/C21H28N2O4/c24-19(10-9-16-6-2-1-3-7-16)22-14-11-17(12-15-22)20(25)23-13-5-4-8-18(23)21(26)27/h1-3,6-7,17-18H,4-5,8-15H2,(H,26,27). The molecule has 2 amide bonds. The average Bonchev–Trinajstić information content (AvgIpc) is 2.72. The summed E-state index contributed by atoms with van der Waals surface area (Å²) in [6.07, 6.45) is 4.72. The van der Waals surface area contributed by atoms with Crippen LogP contribution in [0.3, 0.4) is 0 Å². The van der Waals surface area contributed by atoms with Gasteiger partial charge in [-0.2, -0.15) is 0 Å². The fraction of sp³-hybridized carbons (Fsp3) is 0.571. The first-order valence-electron chi connectivity index (χ1n) is 9.91. The number of benzene rings is 1. The third-order valence-corrected chi connectivity index (χ3v) is 5.74. The third-order valence-electron chi connectivity index (χ3n) is 5.74. The highest BCUT2D eigenvalue weighted by atomic mass is 16.4. The van der Waals surface area contributed by atoms with Gasteiger partial charge in [-0.1, -0.05) is 30.3 Å². The van der Waals surface area contributed by atoms with Crippen molar-refractivity contribution in [3.05, 3.63) is 35.9 Å². The number of likely N-dealkylation sites (tertiary alicyclic amines) is 2. The lowest BCUT2D eigenvalue weighted by molar-refractivity contribution is -0.155. The molecule has 2 saturated heterocycles. The van der Waals surface area contributed by atoms with E-state index in [2.05, 4.69) is 0 Å². The van der Waals surface area contributed by atoms with Crippen LogP contribution in [0, 0.1) is 5.92 Å². The molecule has 1 atom stereocenters. The second kappa shape index (κ2) is 9.02. The molecular weight excluding hydrogens is 344 g/mol. The van der Waals surface area contributed by atoms with Crippen LogP contribution in [-0.2, 0) is 20.8 Å². The number of hydrogen-bond donors (Lipinski definition) is 1. The van der Waals surface area contributed by atoms with E-state index in [0.29, 0.717) is 45.3 Å². The first-order valence-corrected chi connectivity index (χ1v) is 9.91. The Labute approximate surface area is 160 Å². The number of carboxylic acid groups (broad SMARTS) is 1. The lowest BCUT2D eigenvalue weighted by atomic mass is 9.92. The molecule has 1 aromatic carbocycles. The Bertz CT molecular complexity index is 668. The summed E-state index contributed by atoms with van der Waals surface area (Å²) in [5, 5.41) is 9.38. The van der Waals surface area contributed by atoms with Crippen LogP contribution < -0.4 is 0 Å². The molecule has 0 saturated carbocycles.